The van der Waals surface area contributed by atoms with Crippen LogP contribution in [0, 0.1) is 0 Å². The van der Waals surface area contributed by atoms with Crippen molar-refractivity contribution >= 4 is 21.6 Å². The SMILES string of the molecule is CCOc1ccc(S(=O)(=O)NC2CCCCCCC2)cc1NC(=O)c1ccccc1. The number of hydrogen-bond donors (Lipinski definition) is 2. The Bertz CT molecular complexity index is 937. The molecule has 0 radical (unpaired) electrons. The molecule has 7 heteroatoms. The summed E-state index contributed by atoms with van der Waals surface area (Å²) in [4.78, 5) is 12.7. The van der Waals surface area contributed by atoms with E-state index in [0.717, 1.165) is 38.5 Å². The van der Waals surface area contributed by atoms with E-state index < -0.39 is 10.0 Å². The minimum Gasteiger partial charge on any atom is -0.492 e. The molecule has 3 rings (SSSR count). The molecule has 0 saturated heterocycles. The van der Waals surface area contributed by atoms with Gasteiger partial charge in [0.1, 0.15) is 5.75 Å². The van der Waals surface area contributed by atoms with Crippen LogP contribution in [-0.4, -0.2) is 27.0 Å². The van der Waals surface area contributed by atoms with Crippen molar-refractivity contribution in [1.29, 1.82) is 0 Å². The fourth-order valence-corrected chi connectivity index (χ4v) is 5.03. The Morgan fingerprint density at radius 2 is 1.67 bits per heavy atom. The Kier molecular flexibility index (Phi) is 7.87. The summed E-state index contributed by atoms with van der Waals surface area (Å²) >= 11 is 0. The molecule has 0 bridgehead atoms. The van der Waals surface area contributed by atoms with Gasteiger partial charge >= 0.3 is 0 Å². The third kappa shape index (κ3) is 6.06. The minimum absolute atomic E-state index is 0.0516. The van der Waals surface area contributed by atoms with Crippen molar-refractivity contribution in [2.24, 2.45) is 0 Å². The van der Waals surface area contributed by atoms with Gasteiger partial charge in [0.2, 0.25) is 10.0 Å². The zero-order chi connectivity index (χ0) is 21.4. The summed E-state index contributed by atoms with van der Waals surface area (Å²) in [7, 11) is -3.70. The summed E-state index contributed by atoms with van der Waals surface area (Å²) in [5.74, 6) is 0.116. The van der Waals surface area contributed by atoms with E-state index in [-0.39, 0.29) is 16.8 Å². The summed E-state index contributed by atoms with van der Waals surface area (Å²) in [6.07, 6.45) is 7.31. The van der Waals surface area contributed by atoms with Gasteiger partial charge in [-0.05, 0) is 50.1 Å². The van der Waals surface area contributed by atoms with Gasteiger partial charge in [0, 0.05) is 11.6 Å². The highest BCUT2D eigenvalue weighted by molar-refractivity contribution is 7.89. The lowest BCUT2D eigenvalue weighted by Gasteiger charge is -2.21. The van der Waals surface area contributed by atoms with Crippen molar-refractivity contribution in [1.82, 2.24) is 4.72 Å². The monoisotopic (exact) mass is 430 g/mol. The zero-order valence-corrected chi connectivity index (χ0v) is 18.2. The van der Waals surface area contributed by atoms with E-state index in [0.29, 0.717) is 23.6 Å². The summed E-state index contributed by atoms with van der Waals surface area (Å²) in [5, 5.41) is 2.79. The number of anilines is 1. The minimum atomic E-state index is -3.70. The van der Waals surface area contributed by atoms with Gasteiger partial charge in [-0.1, -0.05) is 50.3 Å². The molecule has 0 heterocycles. The predicted molar refractivity (Wildman–Crippen MR) is 118 cm³/mol. The molecule has 0 aliphatic heterocycles. The molecule has 0 atom stereocenters. The van der Waals surface area contributed by atoms with Gasteiger partial charge in [0.05, 0.1) is 17.2 Å². The quantitative estimate of drug-likeness (QED) is 0.665. The molecule has 162 valence electrons. The molecule has 2 aromatic carbocycles. The van der Waals surface area contributed by atoms with Crippen LogP contribution in [0.5, 0.6) is 5.75 Å². The van der Waals surface area contributed by atoms with Crippen LogP contribution in [0.1, 0.15) is 62.2 Å². The van der Waals surface area contributed by atoms with Gasteiger partial charge in [-0.3, -0.25) is 4.79 Å². The van der Waals surface area contributed by atoms with Crippen molar-refractivity contribution in [2.75, 3.05) is 11.9 Å². The number of rotatable bonds is 7. The second-order valence-corrected chi connectivity index (χ2v) is 9.29. The molecule has 1 saturated carbocycles. The topological polar surface area (TPSA) is 84.5 Å². The fraction of sp³-hybridized carbons (Fsp3) is 0.435. The number of benzene rings is 2. The van der Waals surface area contributed by atoms with Crippen LogP contribution in [0.2, 0.25) is 0 Å². The summed E-state index contributed by atoms with van der Waals surface area (Å²) in [6.45, 7) is 2.24. The highest BCUT2D eigenvalue weighted by atomic mass is 32.2. The van der Waals surface area contributed by atoms with Gasteiger partial charge in [-0.15, -0.1) is 0 Å². The average Bonchev–Trinajstić information content (AvgIpc) is 2.72. The van der Waals surface area contributed by atoms with Gasteiger partial charge < -0.3 is 10.1 Å². The molecule has 2 N–H and O–H groups in total. The number of sulfonamides is 1. The van der Waals surface area contributed by atoms with Crippen LogP contribution in [0.25, 0.3) is 0 Å². The van der Waals surface area contributed by atoms with Crippen molar-refractivity contribution in [3.05, 3.63) is 54.1 Å². The molecule has 0 aromatic heterocycles. The molecule has 1 amide bonds. The number of carbonyl (C=O) groups excluding carboxylic acids is 1. The first-order chi connectivity index (χ1) is 14.5. The molecule has 1 aliphatic carbocycles. The van der Waals surface area contributed by atoms with E-state index in [1.807, 2.05) is 13.0 Å². The van der Waals surface area contributed by atoms with Crippen LogP contribution in [0.3, 0.4) is 0 Å². The zero-order valence-electron chi connectivity index (χ0n) is 17.4. The van der Waals surface area contributed by atoms with Gasteiger partial charge in [-0.25, -0.2) is 13.1 Å². The predicted octanol–water partition coefficient (Wildman–Crippen LogP) is 4.73. The first kappa shape index (κ1) is 22.3. The van der Waals surface area contributed by atoms with E-state index in [1.165, 1.54) is 18.6 Å². The summed E-state index contributed by atoms with van der Waals surface area (Å²) in [5.41, 5.74) is 0.826. The Balaban J connectivity index is 1.82. The average molecular weight is 431 g/mol. The third-order valence-electron chi connectivity index (χ3n) is 5.27. The maximum atomic E-state index is 13.0. The van der Waals surface area contributed by atoms with Crippen LogP contribution in [-0.2, 0) is 10.0 Å². The Labute approximate surface area is 179 Å². The standard InChI is InChI=1S/C23H30N2O4S/c1-2-29-22-16-15-20(17-21(22)24-23(26)18-11-7-6-8-12-18)30(27,28)25-19-13-9-4-3-5-10-14-19/h6-8,11-12,15-17,19,25H,2-5,9-10,13-14H2,1H3,(H,24,26). The summed E-state index contributed by atoms with van der Waals surface area (Å²) in [6, 6.07) is 13.3. The highest BCUT2D eigenvalue weighted by Crippen LogP contribution is 2.29. The normalized spacial score (nSPS) is 15.8. The lowest BCUT2D eigenvalue weighted by atomic mass is 9.97. The molecule has 0 spiro atoms. The third-order valence-corrected chi connectivity index (χ3v) is 6.79. The number of hydrogen-bond acceptors (Lipinski definition) is 4. The number of carbonyl (C=O) groups is 1. The van der Waals surface area contributed by atoms with Crippen LogP contribution >= 0.6 is 0 Å². The first-order valence-electron chi connectivity index (χ1n) is 10.6. The lowest BCUT2D eigenvalue weighted by Crippen LogP contribution is -2.35. The molecule has 1 aliphatic rings. The van der Waals surface area contributed by atoms with Crippen molar-refractivity contribution in [3.63, 3.8) is 0 Å². The van der Waals surface area contributed by atoms with Gasteiger partial charge in [0.15, 0.2) is 0 Å². The van der Waals surface area contributed by atoms with Crippen molar-refractivity contribution in [2.45, 2.75) is 62.8 Å². The van der Waals surface area contributed by atoms with Gasteiger partial charge in [-0.2, -0.15) is 0 Å². The van der Waals surface area contributed by atoms with E-state index in [4.69, 9.17) is 4.74 Å². The summed E-state index contributed by atoms with van der Waals surface area (Å²) < 4.78 is 34.5. The van der Waals surface area contributed by atoms with Crippen molar-refractivity contribution in [3.8, 4) is 5.75 Å². The molecule has 1 fully saturated rings. The Morgan fingerprint density at radius 1 is 1.00 bits per heavy atom. The van der Waals surface area contributed by atoms with Crippen LogP contribution < -0.4 is 14.8 Å². The second kappa shape index (κ2) is 10.6. The van der Waals surface area contributed by atoms with Crippen LogP contribution in [0.4, 0.5) is 5.69 Å². The number of amides is 1. The van der Waals surface area contributed by atoms with Crippen molar-refractivity contribution < 1.29 is 17.9 Å². The Hall–Kier alpha value is -2.38. The van der Waals surface area contributed by atoms with Crippen LogP contribution in [0.15, 0.2) is 53.4 Å². The van der Waals surface area contributed by atoms with E-state index in [9.17, 15) is 13.2 Å². The lowest BCUT2D eigenvalue weighted by molar-refractivity contribution is 0.102. The molecular weight excluding hydrogens is 400 g/mol. The molecule has 30 heavy (non-hydrogen) atoms. The molecule has 6 nitrogen and oxygen atoms in total. The maximum Gasteiger partial charge on any atom is 0.255 e. The molecule has 0 unspecified atom stereocenters. The maximum absolute atomic E-state index is 13.0. The Morgan fingerprint density at radius 3 is 2.33 bits per heavy atom. The molecular formula is C23H30N2O4S. The largest absolute Gasteiger partial charge is 0.492 e. The first-order valence-corrected chi connectivity index (χ1v) is 12.1. The highest BCUT2D eigenvalue weighted by Gasteiger charge is 2.22. The van der Waals surface area contributed by atoms with E-state index in [2.05, 4.69) is 10.0 Å². The number of ether oxygens (including phenoxy) is 1. The van der Waals surface area contributed by atoms with E-state index >= 15 is 0 Å². The number of nitrogens with one attached hydrogen (secondary N) is 2. The second-order valence-electron chi connectivity index (χ2n) is 7.57. The molecule has 2 aromatic rings. The van der Waals surface area contributed by atoms with E-state index in [1.54, 1.807) is 30.3 Å². The smallest absolute Gasteiger partial charge is 0.255 e. The fourth-order valence-electron chi connectivity index (χ4n) is 3.70. The van der Waals surface area contributed by atoms with Gasteiger partial charge in [0.25, 0.3) is 5.91 Å².